The lowest BCUT2D eigenvalue weighted by atomic mass is 9.96. The van der Waals surface area contributed by atoms with Gasteiger partial charge in [0.05, 0.1) is 6.61 Å². The Morgan fingerprint density at radius 1 is 1.09 bits per heavy atom. The second-order valence-corrected chi connectivity index (χ2v) is 5.65. The lowest BCUT2D eigenvalue weighted by Crippen LogP contribution is -2.08. The lowest BCUT2D eigenvalue weighted by Gasteiger charge is -2.12. The number of phenolic OH excluding ortho intramolecular Hbond substituents is 1. The third kappa shape index (κ3) is 5.44. The molecule has 2 aromatic carbocycles. The molecule has 1 N–H and O–H groups in total. The summed E-state index contributed by atoms with van der Waals surface area (Å²) >= 11 is 0. The van der Waals surface area contributed by atoms with Crippen LogP contribution in [0.2, 0.25) is 0 Å². The van der Waals surface area contributed by atoms with Crippen molar-refractivity contribution in [1.29, 1.82) is 0 Å². The summed E-state index contributed by atoms with van der Waals surface area (Å²) in [6.07, 6.45) is 3.44. The van der Waals surface area contributed by atoms with Gasteiger partial charge in [-0.25, -0.2) is 0 Å². The van der Waals surface area contributed by atoms with Crippen LogP contribution < -0.4 is 0 Å². The summed E-state index contributed by atoms with van der Waals surface area (Å²) in [6, 6.07) is 15.6. The second-order valence-electron chi connectivity index (χ2n) is 5.65. The molecule has 3 heteroatoms. The van der Waals surface area contributed by atoms with Gasteiger partial charge in [0.2, 0.25) is 0 Å². The highest BCUT2D eigenvalue weighted by Crippen LogP contribution is 2.25. The van der Waals surface area contributed by atoms with Crippen molar-refractivity contribution < 1.29 is 14.6 Å². The van der Waals surface area contributed by atoms with Crippen LogP contribution in [0.15, 0.2) is 48.5 Å². The van der Waals surface area contributed by atoms with E-state index in [2.05, 4.69) is 19.1 Å². The van der Waals surface area contributed by atoms with Gasteiger partial charge in [0.1, 0.15) is 5.75 Å². The fourth-order valence-electron chi connectivity index (χ4n) is 2.52. The average molecular weight is 312 g/mol. The van der Waals surface area contributed by atoms with E-state index in [1.165, 1.54) is 5.56 Å². The van der Waals surface area contributed by atoms with E-state index >= 15 is 0 Å². The molecule has 23 heavy (non-hydrogen) atoms. The number of ether oxygens (including phenoxy) is 1. The van der Waals surface area contributed by atoms with Crippen LogP contribution in [-0.4, -0.2) is 17.7 Å². The Balaban J connectivity index is 2.01. The standard InChI is InChI=1S/C20H24O3/c1-2-3-14-23-20(22)13-12-18-17(10-7-11-19(18)21)15-16-8-5-4-6-9-16/h4-11,21H,2-3,12-15H2,1H3. The summed E-state index contributed by atoms with van der Waals surface area (Å²) in [4.78, 5) is 11.8. The van der Waals surface area contributed by atoms with Crippen molar-refractivity contribution in [3.8, 4) is 5.75 Å². The van der Waals surface area contributed by atoms with Crippen LogP contribution in [0.5, 0.6) is 5.75 Å². The summed E-state index contributed by atoms with van der Waals surface area (Å²) in [6.45, 7) is 2.54. The molecule has 0 spiro atoms. The van der Waals surface area contributed by atoms with Crippen LogP contribution in [0.1, 0.15) is 42.9 Å². The number of aromatic hydroxyl groups is 1. The van der Waals surface area contributed by atoms with Crippen LogP contribution in [0.3, 0.4) is 0 Å². The molecule has 0 saturated carbocycles. The zero-order valence-electron chi connectivity index (χ0n) is 13.6. The number of benzene rings is 2. The number of hydrogen-bond acceptors (Lipinski definition) is 3. The molecule has 0 unspecified atom stereocenters. The number of unbranched alkanes of at least 4 members (excludes halogenated alkanes) is 1. The molecule has 0 aromatic heterocycles. The minimum absolute atomic E-state index is 0.202. The van der Waals surface area contributed by atoms with Gasteiger partial charge in [-0.05, 0) is 42.0 Å². The Morgan fingerprint density at radius 3 is 2.61 bits per heavy atom. The average Bonchev–Trinajstić information content (AvgIpc) is 2.55. The van der Waals surface area contributed by atoms with E-state index in [9.17, 15) is 9.90 Å². The third-order valence-corrected chi connectivity index (χ3v) is 3.83. The van der Waals surface area contributed by atoms with Crippen molar-refractivity contribution in [2.24, 2.45) is 0 Å². The lowest BCUT2D eigenvalue weighted by molar-refractivity contribution is -0.143. The van der Waals surface area contributed by atoms with Crippen LogP contribution in [-0.2, 0) is 22.4 Å². The molecule has 0 bridgehead atoms. The van der Waals surface area contributed by atoms with E-state index in [0.717, 1.165) is 30.4 Å². The smallest absolute Gasteiger partial charge is 0.306 e. The normalized spacial score (nSPS) is 10.5. The molecule has 0 atom stereocenters. The summed E-state index contributed by atoms with van der Waals surface area (Å²) in [5.74, 6) is 0.0483. The molecule has 0 fully saturated rings. The van der Waals surface area contributed by atoms with E-state index in [0.29, 0.717) is 19.4 Å². The Bertz CT molecular complexity index is 620. The largest absolute Gasteiger partial charge is 0.508 e. The molecule has 0 saturated heterocycles. The molecule has 2 aromatic rings. The van der Waals surface area contributed by atoms with E-state index in [4.69, 9.17) is 4.74 Å². The number of hydrogen-bond donors (Lipinski definition) is 1. The van der Waals surface area contributed by atoms with Gasteiger partial charge in [0, 0.05) is 6.42 Å². The maximum atomic E-state index is 11.8. The molecular weight excluding hydrogens is 288 g/mol. The van der Waals surface area contributed by atoms with Crippen molar-refractivity contribution in [2.45, 2.75) is 39.0 Å². The van der Waals surface area contributed by atoms with Gasteiger partial charge in [-0.3, -0.25) is 4.79 Å². The zero-order chi connectivity index (χ0) is 16.5. The van der Waals surface area contributed by atoms with Gasteiger partial charge >= 0.3 is 5.97 Å². The zero-order valence-corrected chi connectivity index (χ0v) is 13.6. The maximum absolute atomic E-state index is 11.8. The first kappa shape index (κ1) is 17.1. The number of carbonyl (C=O) groups excluding carboxylic acids is 1. The summed E-state index contributed by atoms with van der Waals surface area (Å²) in [5.41, 5.74) is 3.08. The highest BCUT2D eigenvalue weighted by atomic mass is 16.5. The van der Waals surface area contributed by atoms with Crippen LogP contribution >= 0.6 is 0 Å². The first-order chi connectivity index (χ1) is 11.2. The Morgan fingerprint density at radius 2 is 1.87 bits per heavy atom. The van der Waals surface area contributed by atoms with Crippen LogP contribution in [0.25, 0.3) is 0 Å². The molecule has 122 valence electrons. The summed E-state index contributed by atoms with van der Waals surface area (Å²) < 4.78 is 5.18. The van der Waals surface area contributed by atoms with E-state index < -0.39 is 0 Å². The van der Waals surface area contributed by atoms with Gasteiger partial charge in [-0.2, -0.15) is 0 Å². The van der Waals surface area contributed by atoms with Crippen LogP contribution in [0.4, 0.5) is 0 Å². The number of phenols is 1. The highest BCUT2D eigenvalue weighted by Gasteiger charge is 2.11. The maximum Gasteiger partial charge on any atom is 0.306 e. The van der Waals surface area contributed by atoms with Gasteiger partial charge in [-0.15, -0.1) is 0 Å². The monoisotopic (exact) mass is 312 g/mol. The molecule has 0 radical (unpaired) electrons. The van der Waals surface area contributed by atoms with Gasteiger partial charge in [0.15, 0.2) is 0 Å². The van der Waals surface area contributed by atoms with E-state index in [1.807, 2.05) is 30.3 Å². The third-order valence-electron chi connectivity index (χ3n) is 3.83. The van der Waals surface area contributed by atoms with Gasteiger partial charge in [-0.1, -0.05) is 55.8 Å². The predicted octanol–water partition coefficient (Wildman–Crippen LogP) is 4.26. The summed E-state index contributed by atoms with van der Waals surface area (Å²) in [7, 11) is 0. The Hall–Kier alpha value is -2.29. The van der Waals surface area contributed by atoms with Crippen molar-refractivity contribution in [3.05, 3.63) is 65.2 Å². The second kappa shape index (κ2) is 8.99. The fourth-order valence-corrected chi connectivity index (χ4v) is 2.52. The Labute approximate surface area is 137 Å². The number of esters is 1. The van der Waals surface area contributed by atoms with Crippen molar-refractivity contribution >= 4 is 5.97 Å². The first-order valence-corrected chi connectivity index (χ1v) is 8.20. The van der Waals surface area contributed by atoms with E-state index in [1.54, 1.807) is 6.07 Å². The minimum atomic E-state index is -0.202. The highest BCUT2D eigenvalue weighted by molar-refractivity contribution is 5.70. The quantitative estimate of drug-likeness (QED) is 0.585. The van der Waals surface area contributed by atoms with E-state index in [-0.39, 0.29) is 11.7 Å². The molecule has 0 aliphatic carbocycles. The molecular formula is C20H24O3. The van der Waals surface area contributed by atoms with Crippen molar-refractivity contribution in [2.75, 3.05) is 6.61 Å². The SMILES string of the molecule is CCCCOC(=O)CCc1c(O)cccc1Cc1ccccc1. The molecule has 2 rings (SSSR count). The number of rotatable bonds is 8. The molecule has 0 amide bonds. The summed E-state index contributed by atoms with van der Waals surface area (Å²) in [5, 5.41) is 10.1. The predicted molar refractivity (Wildman–Crippen MR) is 91.5 cm³/mol. The van der Waals surface area contributed by atoms with Crippen molar-refractivity contribution in [3.63, 3.8) is 0 Å². The molecule has 0 heterocycles. The van der Waals surface area contributed by atoms with Crippen molar-refractivity contribution in [1.82, 2.24) is 0 Å². The molecule has 3 nitrogen and oxygen atoms in total. The Kier molecular flexibility index (Phi) is 6.67. The minimum Gasteiger partial charge on any atom is -0.508 e. The fraction of sp³-hybridized carbons (Fsp3) is 0.350. The first-order valence-electron chi connectivity index (χ1n) is 8.20. The van der Waals surface area contributed by atoms with Gasteiger partial charge in [0.25, 0.3) is 0 Å². The van der Waals surface area contributed by atoms with Crippen LogP contribution in [0, 0.1) is 0 Å². The molecule has 0 aliphatic rings. The topological polar surface area (TPSA) is 46.5 Å². The molecule has 0 aliphatic heterocycles. The number of carbonyl (C=O) groups is 1. The van der Waals surface area contributed by atoms with Gasteiger partial charge < -0.3 is 9.84 Å².